The van der Waals surface area contributed by atoms with Crippen molar-refractivity contribution in [3.8, 4) is 0 Å². The Labute approximate surface area is 119 Å². The van der Waals surface area contributed by atoms with E-state index in [-0.39, 0.29) is 5.97 Å². The van der Waals surface area contributed by atoms with Crippen LogP contribution in [0, 0.1) is 5.92 Å². The predicted molar refractivity (Wildman–Crippen MR) is 78.5 cm³/mol. The fraction of sp³-hybridized carbons (Fsp3) is 0.467. The number of esters is 1. The molecule has 1 aliphatic rings. The molecule has 0 aromatic heterocycles. The van der Waals surface area contributed by atoms with Crippen LogP contribution in [0.4, 0.5) is 0 Å². The van der Waals surface area contributed by atoms with Gasteiger partial charge in [0.1, 0.15) is 0 Å². The largest absolute Gasteiger partial charge is 0.465 e. The number of nitrogens with one attached hydrogen (secondary N) is 1. The van der Waals surface area contributed by atoms with E-state index in [2.05, 4.69) is 15.0 Å². The first kappa shape index (κ1) is 14.4. The summed E-state index contributed by atoms with van der Waals surface area (Å²) < 4.78 is 4.65. The lowest BCUT2D eigenvalue weighted by atomic mass is 9.85. The van der Waals surface area contributed by atoms with Crippen molar-refractivity contribution in [2.45, 2.75) is 25.8 Å². The average molecular weight is 275 g/mol. The van der Waals surface area contributed by atoms with Crippen molar-refractivity contribution in [2.75, 3.05) is 13.7 Å². The van der Waals surface area contributed by atoms with Gasteiger partial charge < -0.3 is 15.8 Å². The number of guanidine groups is 1. The SMILES string of the molecule is COC(=O)c1ccc(CN=C(N)NCC2CCC2)cc1. The van der Waals surface area contributed by atoms with E-state index in [9.17, 15) is 4.79 Å². The molecule has 0 aliphatic heterocycles. The second-order valence-corrected chi connectivity index (χ2v) is 5.07. The average Bonchev–Trinajstić information content (AvgIpc) is 2.43. The van der Waals surface area contributed by atoms with Crippen molar-refractivity contribution in [1.29, 1.82) is 0 Å². The predicted octanol–water partition coefficient (Wildman–Crippen LogP) is 1.68. The summed E-state index contributed by atoms with van der Waals surface area (Å²) in [6.07, 6.45) is 3.90. The number of aliphatic imine (C=N–C) groups is 1. The van der Waals surface area contributed by atoms with Gasteiger partial charge in [0.15, 0.2) is 5.96 Å². The molecule has 0 bridgehead atoms. The molecule has 5 nitrogen and oxygen atoms in total. The number of carbonyl (C=O) groups excluding carboxylic acids is 1. The Morgan fingerprint density at radius 3 is 2.65 bits per heavy atom. The summed E-state index contributed by atoms with van der Waals surface area (Å²) >= 11 is 0. The Morgan fingerprint density at radius 1 is 1.40 bits per heavy atom. The van der Waals surface area contributed by atoms with Crippen LogP contribution in [0.2, 0.25) is 0 Å². The molecule has 0 unspecified atom stereocenters. The summed E-state index contributed by atoms with van der Waals surface area (Å²) in [5, 5.41) is 3.15. The van der Waals surface area contributed by atoms with Gasteiger partial charge in [-0.15, -0.1) is 0 Å². The normalized spacial score (nSPS) is 15.6. The monoisotopic (exact) mass is 275 g/mol. The molecule has 1 aromatic rings. The first-order valence-electron chi connectivity index (χ1n) is 6.90. The van der Waals surface area contributed by atoms with Crippen LogP contribution in [-0.4, -0.2) is 25.6 Å². The van der Waals surface area contributed by atoms with Gasteiger partial charge in [0.05, 0.1) is 19.2 Å². The Bertz CT molecular complexity index is 478. The highest BCUT2D eigenvalue weighted by atomic mass is 16.5. The molecule has 0 heterocycles. The Morgan fingerprint density at radius 2 is 2.10 bits per heavy atom. The molecule has 0 saturated heterocycles. The zero-order chi connectivity index (χ0) is 14.4. The molecule has 108 valence electrons. The van der Waals surface area contributed by atoms with Crippen LogP contribution in [0.5, 0.6) is 0 Å². The van der Waals surface area contributed by atoms with E-state index in [4.69, 9.17) is 5.73 Å². The van der Waals surface area contributed by atoms with Crippen LogP contribution in [-0.2, 0) is 11.3 Å². The third-order valence-electron chi connectivity index (χ3n) is 3.60. The zero-order valence-electron chi connectivity index (χ0n) is 11.8. The number of rotatable bonds is 5. The number of benzene rings is 1. The van der Waals surface area contributed by atoms with Crippen LogP contribution in [0.25, 0.3) is 0 Å². The summed E-state index contributed by atoms with van der Waals surface area (Å²) in [5.41, 5.74) is 7.36. The quantitative estimate of drug-likeness (QED) is 0.487. The van der Waals surface area contributed by atoms with Crippen molar-refractivity contribution < 1.29 is 9.53 Å². The molecule has 3 N–H and O–H groups in total. The minimum atomic E-state index is -0.332. The smallest absolute Gasteiger partial charge is 0.337 e. The molecular weight excluding hydrogens is 254 g/mol. The van der Waals surface area contributed by atoms with Crippen LogP contribution in [0.15, 0.2) is 29.3 Å². The molecule has 0 radical (unpaired) electrons. The number of hydrogen-bond acceptors (Lipinski definition) is 3. The zero-order valence-corrected chi connectivity index (χ0v) is 11.8. The minimum absolute atomic E-state index is 0.332. The summed E-state index contributed by atoms with van der Waals surface area (Å²) in [6.45, 7) is 1.42. The Balaban J connectivity index is 1.81. The number of nitrogens with zero attached hydrogens (tertiary/aromatic N) is 1. The summed E-state index contributed by atoms with van der Waals surface area (Å²) in [6, 6.07) is 7.17. The fourth-order valence-corrected chi connectivity index (χ4v) is 2.04. The molecule has 20 heavy (non-hydrogen) atoms. The van der Waals surface area contributed by atoms with E-state index in [0.717, 1.165) is 18.0 Å². The van der Waals surface area contributed by atoms with Crippen molar-refractivity contribution in [3.63, 3.8) is 0 Å². The minimum Gasteiger partial charge on any atom is -0.465 e. The third kappa shape index (κ3) is 3.98. The summed E-state index contributed by atoms with van der Waals surface area (Å²) in [5.74, 6) is 0.902. The first-order valence-corrected chi connectivity index (χ1v) is 6.90. The van der Waals surface area contributed by atoms with E-state index in [0.29, 0.717) is 18.1 Å². The number of hydrogen-bond donors (Lipinski definition) is 2. The number of carbonyl (C=O) groups is 1. The van der Waals surface area contributed by atoms with Gasteiger partial charge in [0.2, 0.25) is 0 Å². The summed E-state index contributed by atoms with van der Waals surface area (Å²) in [7, 11) is 1.37. The summed E-state index contributed by atoms with van der Waals surface area (Å²) in [4.78, 5) is 15.6. The van der Waals surface area contributed by atoms with Crippen LogP contribution in [0.3, 0.4) is 0 Å². The maximum Gasteiger partial charge on any atom is 0.337 e. The molecule has 1 aromatic carbocycles. The highest BCUT2D eigenvalue weighted by molar-refractivity contribution is 5.89. The van der Waals surface area contributed by atoms with Crippen LogP contribution < -0.4 is 11.1 Å². The van der Waals surface area contributed by atoms with Crippen molar-refractivity contribution in [2.24, 2.45) is 16.6 Å². The van der Waals surface area contributed by atoms with Crippen molar-refractivity contribution >= 4 is 11.9 Å². The molecule has 5 heteroatoms. The molecule has 1 aliphatic carbocycles. The highest BCUT2D eigenvalue weighted by Crippen LogP contribution is 2.24. The fourth-order valence-electron chi connectivity index (χ4n) is 2.04. The van der Waals surface area contributed by atoms with Gasteiger partial charge in [-0.05, 0) is 36.5 Å². The number of methoxy groups -OCH3 is 1. The van der Waals surface area contributed by atoms with Gasteiger partial charge in [0, 0.05) is 6.54 Å². The molecule has 2 rings (SSSR count). The Kier molecular flexibility index (Phi) is 4.98. The van der Waals surface area contributed by atoms with E-state index in [1.807, 2.05) is 12.1 Å². The van der Waals surface area contributed by atoms with E-state index >= 15 is 0 Å². The topological polar surface area (TPSA) is 76.7 Å². The Hall–Kier alpha value is -2.04. The van der Waals surface area contributed by atoms with Gasteiger partial charge in [0.25, 0.3) is 0 Å². The molecule has 1 saturated carbocycles. The van der Waals surface area contributed by atoms with Gasteiger partial charge in [-0.1, -0.05) is 18.6 Å². The van der Waals surface area contributed by atoms with E-state index in [1.54, 1.807) is 12.1 Å². The molecule has 0 atom stereocenters. The van der Waals surface area contributed by atoms with E-state index in [1.165, 1.54) is 26.4 Å². The third-order valence-corrected chi connectivity index (χ3v) is 3.60. The second kappa shape index (κ2) is 6.93. The molecule has 1 fully saturated rings. The standard InChI is InChI=1S/C15H21N3O2/c1-20-14(19)13-7-5-12(6-8-13)10-18-15(16)17-9-11-3-2-4-11/h5-8,11H,2-4,9-10H2,1H3,(H3,16,17,18). The second-order valence-electron chi connectivity index (χ2n) is 5.07. The highest BCUT2D eigenvalue weighted by Gasteiger charge is 2.16. The van der Waals surface area contributed by atoms with Crippen molar-refractivity contribution in [3.05, 3.63) is 35.4 Å². The lowest BCUT2D eigenvalue weighted by Gasteiger charge is -2.25. The lowest BCUT2D eigenvalue weighted by molar-refractivity contribution is 0.0600. The molecule has 0 spiro atoms. The number of nitrogens with two attached hydrogens (primary N) is 1. The number of ether oxygens (including phenoxy) is 1. The maximum atomic E-state index is 11.3. The van der Waals surface area contributed by atoms with Gasteiger partial charge in [-0.3, -0.25) is 0 Å². The molecular formula is C15H21N3O2. The first-order chi connectivity index (χ1) is 9.69. The van der Waals surface area contributed by atoms with Crippen molar-refractivity contribution in [1.82, 2.24) is 5.32 Å². The van der Waals surface area contributed by atoms with Gasteiger partial charge >= 0.3 is 5.97 Å². The molecule has 0 amide bonds. The van der Waals surface area contributed by atoms with Gasteiger partial charge in [-0.2, -0.15) is 0 Å². The van der Waals surface area contributed by atoms with Crippen LogP contribution in [0.1, 0.15) is 35.2 Å². The van der Waals surface area contributed by atoms with Crippen LogP contribution >= 0.6 is 0 Å². The lowest BCUT2D eigenvalue weighted by Crippen LogP contribution is -2.37. The maximum absolute atomic E-state index is 11.3. The van der Waals surface area contributed by atoms with Gasteiger partial charge in [-0.25, -0.2) is 9.79 Å². The van der Waals surface area contributed by atoms with E-state index < -0.39 is 0 Å².